The number of carboxylic acid groups (broad SMARTS) is 1. The zero-order valence-electron chi connectivity index (χ0n) is 26.8. The summed E-state index contributed by atoms with van der Waals surface area (Å²) in [6, 6.07) is 36.2. The molecule has 0 saturated carbocycles. The van der Waals surface area contributed by atoms with E-state index < -0.39 is 24.0 Å². The number of ether oxygens (including phenoxy) is 1. The number of fused-ring (bicyclic) bond motifs is 1. The van der Waals surface area contributed by atoms with Crippen LogP contribution in [0.2, 0.25) is 0 Å². The first-order chi connectivity index (χ1) is 23.5. The van der Waals surface area contributed by atoms with Crippen molar-refractivity contribution in [1.82, 2.24) is 15.6 Å². The Hall–Kier alpha value is -4.70. The van der Waals surface area contributed by atoms with Crippen molar-refractivity contribution >= 4 is 40.4 Å². The fourth-order valence-electron chi connectivity index (χ4n) is 6.31. The standard InChI is InChI=1S/C39H40N4O4S/c1-26-34(25-48-35-20-10-19-33-31(35)17-11-23-40-33)47-30(24-41-26)22-21-27-12-8-9-18-32(27)42-38(44)37(43-39(45)46)36(28-13-4-2-5-14-28)29-15-6-3-7-16-29/h2-20,23,26,30,34,36-37,41,43H,21-22,24-25H2,1H3,(H,42,44)(H,45,46)/t26-,30-,34-,37+/m1/s1. The number of hydrogen-bond acceptors (Lipinski definition) is 6. The summed E-state index contributed by atoms with van der Waals surface area (Å²) in [5.41, 5.74) is 4.29. The number of benzene rings is 4. The quantitative estimate of drug-likeness (QED) is 0.106. The minimum atomic E-state index is -1.26. The number of nitrogens with zero attached hydrogens (tertiary/aromatic N) is 1. The fourth-order valence-corrected chi connectivity index (χ4v) is 7.52. The predicted octanol–water partition coefficient (Wildman–Crippen LogP) is 7.11. The first-order valence-corrected chi connectivity index (χ1v) is 17.3. The van der Waals surface area contributed by atoms with Crippen LogP contribution < -0.4 is 16.0 Å². The number of nitrogens with one attached hydrogen (secondary N) is 3. The van der Waals surface area contributed by atoms with Crippen LogP contribution in [0.5, 0.6) is 0 Å². The van der Waals surface area contributed by atoms with Crippen LogP contribution in [-0.2, 0) is 16.0 Å². The molecule has 2 heterocycles. The SMILES string of the molecule is C[C@H]1NC[C@@H](CCc2ccccc2NC(=O)[C@@H](NC(=O)O)C(c2ccccc2)c2ccccc2)O[C@@H]1CSc1cccc2ncccc12. The molecule has 4 aromatic carbocycles. The minimum Gasteiger partial charge on any atom is -0.465 e. The molecule has 5 aromatic rings. The molecule has 48 heavy (non-hydrogen) atoms. The van der Waals surface area contributed by atoms with Gasteiger partial charge in [0.1, 0.15) is 6.04 Å². The molecule has 4 atom stereocenters. The Kier molecular flexibility index (Phi) is 11.0. The summed E-state index contributed by atoms with van der Waals surface area (Å²) in [5, 5.41) is 20.2. The lowest BCUT2D eigenvalue weighted by Gasteiger charge is -2.36. The number of rotatable bonds is 12. The zero-order chi connectivity index (χ0) is 33.3. The van der Waals surface area contributed by atoms with E-state index in [4.69, 9.17) is 4.74 Å². The Morgan fingerprint density at radius 3 is 2.35 bits per heavy atom. The number of pyridine rings is 1. The third kappa shape index (κ3) is 8.23. The third-order valence-electron chi connectivity index (χ3n) is 8.82. The molecule has 1 aliphatic heterocycles. The van der Waals surface area contributed by atoms with Gasteiger partial charge in [0.05, 0.1) is 17.7 Å². The smallest absolute Gasteiger partial charge is 0.405 e. The Balaban J connectivity index is 1.13. The molecule has 1 fully saturated rings. The lowest BCUT2D eigenvalue weighted by atomic mass is 9.84. The number of amides is 2. The van der Waals surface area contributed by atoms with E-state index in [1.807, 2.05) is 109 Å². The van der Waals surface area contributed by atoms with E-state index in [0.717, 1.165) is 46.3 Å². The van der Waals surface area contributed by atoms with Crippen LogP contribution in [0.3, 0.4) is 0 Å². The molecular formula is C39H40N4O4S. The van der Waals surface area contributed by atoms with E-state index in [1.54, 1.807) is 11.8 Å². The molecule has 6 rings (SSSR count). The number of hydrogen-bond donors (Lipinski definition) is 4. The van der Waals surface area contributed by atoms with Gasteiger partial charge in [0.2, 0.25) is 5.91 Å². The third-order valence-corrected chi connectivity index (χ3v) is 9.99. The maximum Gasteiger partial charge on any atom is 0.405 e. The summed E-state index contributed by atoms with van der Waals surface area (Å²) in [5.74, 6) is -0.139. The molecule has 0 spiro atoms. The number of aromatic nitrogens is 1. The normalized spacial score (nSPS) is 18.3. The first-order valence-electron chi connectivity index (χ1n) is 16.3. The molecule has 2 amide bonds. The molecule has 1 saturated heterocycles. The number of anilines is 1. The molecule has 0 radical (unpaired) electrons. The average Bonchev–Trinajstić information content (AvgIpc) is 3.11. The van der Waals surface area contributed by atoms with Gasteiger partial charge in [-0.3, -0.25) is 9.78 Å². The summed E-state index contributed by atoms with van der Waals surface area (Å²) in [6.07, 6.45) is 2.04. The second-order valence-electron chi connectivity index (χ2n) is 12.0. The predicted molar refractivity (Wildman–Crippen MR) is 192 cm³/mol. The summed E-state index contributed by atoms with van der Waals surface area (Å²) < 4.78 is 6.63. The second kappa shape index (κ2) is 15.9. The Morgan fingerprint density at radius 2 is 1.62 bits per heavy atom. The lowest BCUT2D eigenvalue weighted by molar-refractivity contribution is -0.118. The van der Waals surface area contributed by atoms with E-state index in [2.05, 4.69) is 40.0 Å². The van der Waals surface area contributed by atoms with E-state index in [9.17, 15) is 14.7 Å². The van der Waals surface area contributed by atoms with Crippen LogP contribution in [-0.4, -0.2) is 58.7 Å². The number of morpholine rings is 1. The van der Waals surface area contributed by atoms with Crippen molar-refractivity contribution in [1.29, 1.82) is 0 Å². The Labute approximate surface area is 285 Å². The van der Waals surface area contributed by atoms with Crippen molar-refractivity contribution in [3.63, 3.8) is 0 Å². The van der Waals surface area contributed by atoms with Gasteiger partial charge in [0.25, 0.3) is 0 Å². The molecule has 1 aromatic heterocycles. The van der Waals surface area contributed by atoms with Gasteiger partial charge in [-0.2, -0.15) is 0 Å². The molecule has 246 valence electrons. The lowest BCUT2D eigenvalue weighted by Crippen LogP contribution is -2.52. The van der Waals surface area contributed by atoms with E-state index in [1.165, 1.54) is 4.90 Å². The van der Waals surface area contributed by atoms with E-state index >= 15 is 0 Å². The highest BCUT2D eigenvalue weighted by Gasteiger charge is 2.33. The number of carbonyl (C=O) groups is 2. The molecule has 4 N–H and O–H groups in total. The molecule has 9 heteroatoms. The highest BCUT2D eigenvalue weighted by molar-refractivity contribution is 7.99. The number of thioether (sulfide) groups is 1. The van der Waals surface area contributed by atoms with Crippen molar-refractivity contribution in [2.24, 2.45) is 0 Å². The van der Waals surface area contributed by atoms with Crippen LogP contribution in [0.4, 0.5) is 10.5 Å². The molecule has 0 unspecified atom stereocenters. The van der Waals surface area contributed by atoms with Crippen molar-refractivity contribution in [2.45, 2.75) is 54.9 Å². The van der Waals surface area contributed by atoms with E-state index in [-0.39, 0.29) is 18.2 Å². The van der Waals surface area contributed by atoms with Crippen LogP contribution in [0.1, 0.15) is 36.0 Å². The van der Waals surface area contributed by atoms with Crippen molar-refractivity contribution in [3.8, 4) is 0 Å². The Morgan fingerprint density at radius 1 is 0.917 bits per heavy atom. The highest BCUT2D eigenvalue weighted by atomic mass is 32.2. The second-order valence-corrected chi connectivity index (χ2v) is 13.1. The Bertz CT molecular complexity index is 1780. The van der Waals surface area contributed by atoms with Gasteiger partial charge >= 0.3 is 6.09 Å². The summed E-state index contributed by atoms with van der Waals surface area (Å²) in [7, 11) is 0. The van der Waals surface area contributed by atoms with Crippen LogP contribution in [0.15, 0.2) is 126 Å². The van der Waals surface area contributed by atoms with Crippen molar-refractivity contribution in [2.75, 3.05) is 17.6 Å². The minimum absolute atomic E-state index is 0.00621. The van der Waals surface area contributed by atoms with Crippen molar-refractivity contribution in [3.05, 3.63) is 138 Å². The monoisotopic (exact) mass is 660 g/mol. The van der Waals surface area contributed by atoms with Gasteiger partial charge in [-0.15, -0.1) is 11.8 Å². The molecular weight excluding hydrogens is 621 g/mol. The summed E-state index contributed by atoms with van der Waals surface area (Å²) >= 11 is 1.79. The van der Waals surface area contributed by atoms with Gasteiger partial charge in [-0.1, -0.05) is 91.0 Å². The highest BCUT2D eigenvalue weighted by Crippen LogP contribution is 2.31. The van der Waals surface area contributed by atoms with Gasteiger partial charge in [0.15, 0.2) is 0 Å². The summed E-state index contributed by atoms with van der Waals surface area (Å²) in [4.78, 5) is 31.6. The number of aryl methyl sites for hydroxylation is 1. The van der Waals surface area contributed by atoms with Crippen LogP contribution in [0, 0.1) is 0 Å². The molecule has 0 aliphatic carbocycles. The summed E-state index contributed by atoms with van der Waals surface area (Å²) in [6.45, 7) is 2.91. The van der Waals surface area contributed by atoms with Gasteiger partial charge < -0.3 is 25.8 Å². The van der Waals surface area contributed by atoms with Crippen LogP contribution >= 0.6 is 11.8 Å². The topological polar surface area (TPSA) is 113 Å². The largest absolute Gasteiger partial charge is 0.465 e. The molecule has 8 nitrogen and oxygen atoms in total. The number of carbonyl (C=O) groups excluding carboxylic acids is 1. The van der Waals surface area contributed by atoms with Gasteiger partial charge in [0, 0.05) is 46.4 Å². The van der Waals surface area contributed by atoms with E-state index in [0.29, 0.717) is 12.1 Å². The van der Waals surface area contributed by atoms with Crippen LogP contribution in [0.25, 0.3) is 10.9 Å². The average molecular weight is 661 g/mol. The van der Waals surface area contributed by atoms with Gasteiger partial charge in [-0.05, 0) is 60.7 Å². The number of para-hydroxylation sites is 1. The first kappa shape index (κ1) is 33.2. The maximum absolute atomic E-state index is 14.0. The zero-order valence-corrected chi connectivity index (χ0v) is 27.6. The van der Waals surface area contributed by atoms with Gasteiger partial charge in [-0.25, -0.2) is 4.79 Å². The maximum atomic E-state index is 14.0. The molecule has 0 bridgehead atoms. The van der Waals surface area contributed by atoms with Crippen molar-refractivity contribution < 1.29 is 19.4 Å². The molecule has 1 aliphatic rings. The fraction of sp³-hybridized carbons (Fsp3) is 0.256.